The van der Waals surface area contributed by atoms with Crippen molar-refractivity contribution in [2.24, 2.45) is 0 Å². The zero-order valence-corrected chi connectivity index (χ0v) is 15.3. The van der Waals surface area contributed by atoms with Crippen LogP contribution in [0.5, 0.6) is 17.2 Å². The number of ether oxygens (including phenoxy) is 3. The third-order valence-electron chi connectivity index (χ3n) is 3.53. The van der Waals surface area contributed by atoms with Crippen molar-refractivity contribution in [1.29, 1.82) is 5.26 Å². The fraction of sp³-hybridized carbons (Fsp3) is 0.167. The van der Waals surface area contributed by atoms with Gasteiger partial charge in [-0.25, -0.2) is 8.42 Å². The minimum atomic E-state index is -3.97. The first-order valence-corrected chi connectivity index (χ1v) is 8.92. The number of hydrogen-bond donors (Lipinski definition) is 1. The highest BCUT2D eigenvalue weighted by Gasteiger charge is 2.21. The van der Waals surface area contributed by atoms with Gasteiger partial charge in [-0.05, 0) is 36.4 Å². The smallest absolute Gasteiger partial charge is 0.218 e. The van der Waals surface area contributed by atoms with Crippen LogP contribution in [0.25, 0.3) is 0 Å². The van der Waals surface area contributed by atoms with Gasteiger partial charge >= 0.3 is 0 Å². The molecule has 0 heterocycles. The molecule has 0 atom stereocenters. The summed E-state index contributed by atoms with van der Waals surface area (Å²) in [6.07, 6.45) is 1.12. The van der Waals surface area contributed by atoms with Crippen molar-refractivity contribution in [3.05, 3.63) is 53.6 Å². The van der Waals surface area contributed by atoms with Crippen LogP contribution in [0.2, 0.25) is 0 Å². The van der Waals surface area contributed by atoms with Crippen molar-refractivity contribution >= 4 is 15.5 Å². The second-order valence-corrected chi connectivity index (χ2v) is 6.93. The molecule has 0 radical (unpaired) electrons. The fourth-order valence-electron chi connectivity index (χ4n) is 2.12. The summed E-state index contributed by atoms with van der Waals surface area (Å²) in [6, 6.07) is 12.5. The quantitative estimate of drug-likeness (QED) is 0.744. The molecule has 0 bridgehead atoms. The lowest BCUT2D eigenvalue weighted by atomic mass is 10.2. The molecule has 0 aliphatic heterocycles. The maximum absolute atomic E-state index is 12.6. The van der Waals surface area contributed by atoms with Crippen LogP contribution >= 0.6 is 0 Å². The van der Waals surface area contributed by atoms with Crippen molar-refractivity contribution in [3.63, 3.8) is 0 Å². The van der Waals surface area contributed by atoms with Crippen LogP contribution in [0, 0.1) is 11.3 Å². The third-order valence-corrected chi connectivity index (χ3v) is 5.22. The molecule has 0 spiro atoms. The van der Waals surface area contributed by atoms with Gasteiger partial charge in [-0.3, -0.25) is 0 Å². The SMILES string of the molecule is COc1ccc(S(=O)(=O)/C(C#N)=C/Nc2cc(OC)ccc2OC)cc1. The van der Waals surface area contributed by atoms with E-state index in [0.29, 0.717) is 22.9 Å². The van der Waals surface area contributed by atoms with E-state index in [-0.39, 0.29) is 4.90 Å². The molecule has 0 aromatic heterocycles. The van der Waals surface area contributed by atoms with Crippen LogP contribution in [-0.2, 0) is 9.84 Å². The van der Waals surface area contributed by atoms with Gasteiger partial charge in [0.15, 0.2) is 4.91 Å². The number of sulfone groups is 1. The summed E-state index contributed by atoms with van der Waals surface area (Å²) in [7, 11) is 0.502. The van der Waals surface area contributed by atoms with Crippen molar-refractivity contribution in [3.8, 4) is 23.3 Å². The molecule has 0 aliphatic rings. The summed E-state index contributed by atoms with van der Waals surface area (Å²) < 4.78 is 40.6. The predicted octanol–water partition coefficient (Wildman–Crippen LogP) is 2.96. The Morgan fingerprint density at radius 2 is 1.62 bits per heavy atom. The van der Waals surface area contributed by atoms with E-state index in [1.165, 1.54) is 45.6 Å². The van der Waals surface area contributed by atoms with Gasteiger partial charge in [-0.2, -0.15) is 5.26 Å². The molecule has 7 nitrogen and oxygen atoms in total. The number of nitrogens with one attached hydrogen (secondary N) is 1. The maximum atomic E-state index is 12.6. The first kappa shape index (κ1) is 19.1. The Balaban J connectivity index is 2.37. The molecular formula is C18H18N2O5S. The van der Waals surface area contributed by atoms with Crippen LogP contribution in [0.4, 0.5) is 5.69 Å². The van der Waals surface area contributed by atoms with Gasteiger partial charge in [-0.1, -0.05) is 0 Å². The number of nitriles is 1. The van der Waals surface area contributed by atoms with Crippen LogP contribution < -0.4 is 19.5 Å². The van der Waals surface area contributed by atoms with Gasteiger partial charge in [0.05, 0.1) is 31.9 Å². The van der Waals surface area contributed by atoms with E-state index in [0.717, 1.165) is 6.20 Å². The maximum Gasteiger partial charge on any atom is 0.218 e. The average molecular weight is 374 g/mol. The normalized spacial score (nSPS) is 11.4. The summed E-state index contributed by atoms with van der Waals surface area (Å²) in [5.41, 5.74) is 0.463. The number of hydrogen-bond acceptors (Lipinski definition) is 7. The number of allylic oxidation sites excluding steroid dienone is 1. The summed E-state index contributed by atoms with van der Waals surface area (Å²) in [4.78, 5) is -0.446. The minimum absolute atomic E-state index is 0.00879. The molecule has 0 saturated carbocycles. The van der Waals surface area contributed by atoms with E-state index in [4.69, 9.17) is 14.2 Å². The van der Waals surface area contributed by atoms with E-state index < -0.39 is 14.7 Å². The Bertz CT molecular complexity index is 945. The second kappa shape index (κ2) is 8.27. The van der Waals surface area contributed by atoms with Gasteiger partial charge in [0.25, 0.3) is 0 Å². The van der Waals surface area contributed by atoms with E-state index in [1.807, 2.05) is 0 Å². The summed E-state index contributed by atoms with van der Waals surface area (Å²) in [6.45, 7) is 0. The van der Waals surface area contributed by atoms with Crippen LogP contribution in [0.15, 0.2) is 58.5 Å². The molecule has 0 fully saturated rings. The molecule has 136 valence electrons. The number of anilines is 1. The summed E-state index contributed by atoms with van der Waals surface area (Å²) >= 11 is 0. The number of rotatable bonds is 7. The lowest BCUT2D eigenvalue weighted by Crippen LogP contribution is -2.06. The van der Waals surface area contributed by atoms with E-state index in [1.54, 1.807) is 24.3 Å². The highest BCUT2D eigenvalue weighted by atomic mass is 32.2. The topological polar surface area (TPSA) is 97.7 Å². The molecular weight excluding hydrogens is 356 g/mol. The molecule has 0 aliphatic carbocycles. The Kier molecular flexibility index (Phi) is 6.09. The summed E-state index contributed by atoms with van der Waals surface area (Å²) in [5, 5.41) is 12.1. The van der Waals surface area contributed by atoms with Crippen molar-refractivity contribution in [2.45, 2.75) is 4.90 Å². The first-order chi connectivity index (χ1) is 12.5. The number of methoxy groups -OCH3 is 3. The molecule has 26 heavy (non-hydrogen) atoms. The molecule has 1 N–H and O–H groups in total. The lowest BCUT2D eigenvalue weighted by molar-refractivity contribution is 0.405. The molecule has 8 heteroatoms. The van der Waals surface area contributed by atoms with E-state index >= 15 is 0 Å². The summed E-state index contributed by atoms with van der Waals surface area (Å²) in [5.74, 6) is 1.55. The van der Waals surface area contributed by atoms with Crippen molar-refractivity contribution in [1.82, 2.24) is 0 Å². The van der Waals surface area contributed by atoms with E-state index in [9.17, 15) is 13.7 Å². The van der Waals surface area contributed by atoms with Gasteiger partial charge in [0, 0.05) is 12.3 Å². The van der Waals surface area contributed by atoms with Crippen LogP contribution in [0.1, 0.15) is 0 Å². The van der Waals surface area contributed by atoms with Gasteiger partial charge < -0.3 is 19.5 Å². The van der Waals surface area contributed by atoms with Gasteiger partial charge in [-0.15, -0.1) is 0 Å². The van der Waals surface area contributed by atoms with Gasteiger partial charge in [0.1, 0.15) is 23.3 Å². The van der Waals surface area contributed by atoms with Crippen molar-refractivity contribution < 1.29 is 22.6 Å². The minimum Gasteiger partial charge on any atom is -0.497 e. The molecule has 0 saturated heterocycles. The predicted molar refractivity (Wildman–Crippen MR) is 97.0 cm³/mol. The molecule has 0 amide bonds. The zero-order valence-electron chi connectivity index (χ0n) is 14.5. The highest BCUT2D eigenvalue weighted by molar-refractivity contribution is 7.95. The largest absolute Gasteiger partial charge is 0.497 e. The lowest BCUT2D eigenvalue weighted by Gasteiger charge is -2.11. The number of nitrogens with zero attached hydrogens (tertiary/aromatic N) is 1. The molecule has 2 aromatic carbocycles. The van der Waals surface area contributed by atoms with Gasteiger partial charge in [0.2, 0.25) is 9.84 Å². The Morgan fingerprint density at radius 1 is 1.00 bits per heavy atom. The standard InChI is InChI=1S/C18H18N2O5S/c1-23-13-4-7-15(8-5-13)26(21,22)16(11-19)12-20-17-10-14(24-2)6-9-18(17)25-3/h4-10,12,20H,1-3H3/b16-12+. The first-order valence-electron chi connectivity index (χ1n) is 7.44. The third kappa shape index (κ3) is 4.07. The average Bonchev–Trinajstić information content (AvgIpc) is 2.68. The van der Waals surface area contributed by atoms with Crippen LogP contribution in [0.3, 0.4) is 0 Å². The monoisotopic (exact) mass is 374 g/mol. The Hall–Kier alpha value is -3.18. The molecule has 2 aromatic rings. The highest BCUT2D eigenvalue weighted by Crippen LogP contribution is 2.29. The van der Waals surface area contributed by atoms with Crippen LogP contribution in [-0.4, -0.2) is 29.7 Å². The fourth-order valence-corrected chi connectivity index (χ4v) is 3.20. The number of benzene rings is 2. The van der Waals surface area contributed by atoms with E-state index in [2.05, 4.69) is 5.32 Å². The Morgan fingerprint density at radius 3 is 2.15 bits per heavy atom. The Labute approximate surface area is 152 Å². The second-order valence-electron chi connectivity index (χ2n) is 5.01. The van der Waals surface area contributed by atoms with Crippen molar-refractivity contribution in [2.75, 3.05) is 26.6 Å². The molecule has 2 rings (SSSR count). The zero-order chi connectivity index (χ0) is 19.2. The molecule has 0 unspecified atom stereocenters.